The van der Waals surface area contributed by atoms with Crippen LogP contribution in [0.5, 0.6) is 17.2 Å². The van der Waals surface area contributed by atoms with Crippen molar-refractivity contribution in [2.75, 3.05) is 39.3 Å². The van der Waals surface area contributed by atoms with Gasteiger partial charge in [0.15, 0.2) is 0 Å². The van der Waals surface area contributed by atoms with Gasteiger partial charge < -0.3 is 19.1 Å². The molecule has 0 saturated carbocycles. The van der Waals surface area contributed by atoms with Crippen LogP contribution in [0.15, 0.2) is 60.0 Å². The van der Waals surface area contributed by atoms with Crippen molar-refractivity contribution in [2.45, 2.75) is 25.4 Å². The van der Waals surface area contributed by atoms with Gasteiger partial charge in [-0.2, -0.15) is 0 Å². The number of ether oxygens (including phenoxy) is 3. The highest BCUT2D eigenvalue weighted by atomic mass is 32.1. The number of carbonyl (C=O) groups excluding carboxylic acids is 1. The van der Waals surface area contributed by atoms with Gasteiger partial charge >= 0.3 is 0 Å². The summed E-state index contributed by atoms with van der Waals surface area (Å²) in [6.07, 6.45) is 1.79. The Hall–Kier alpha value is -3.03. The molecule has 2 aromatic carbocycles. The summed E-state index contributed by atoms with van der Waals surface area (Å²) in [6, 6.07) is 17.7. The van der Waals surface area contributed by atoms with Crippen LogP contribution in [-0.2, 0) is 6.54 Å². The van der Waals surface area contributed by atoms with E-state index in [1.165, 1.54) is 11.3 Å². The molecule has 1 aliphatic rings. The van der Waals surface area contributed by atoms with Gasteiger partial charge in [0, 0.05) is 49.1 Å². The number of nitrogens with zero attached hydrogens (tertiary/aromatic N) is 2. The number of amides is 1. The number of hydrogen-bond donors (Lipinski definition) is 0. The van der Waals surface area contributed by atoms with E-state index in [-0.39, 0.29) is 11.9 Å². The summed E-state index contributed by atoms with van der Waals surface area (Å²) < 4.78 is 16.3. The van der Waals surface area contributed by atoms with E-state index in [0.717, 1.165) is 65.9 Å². The lowest BCUT2D eigenvalue weighted by molar-refractivity contribution is 0.0962. The van der Waals surface area contributed by atoms with Gasteiger partial charge in [0.2, 0.25) is 0 Å². The Labute approximate surface area is 199 Å². The van der Waals surface area contributed by atoms with E-state index < -0.39 is 0 Å². The molecule has 1 fully saturated rings. The second kappa shape index (κ2) is 10.7. The molecule has 2 heterocycles. The largest absolute Gasteiger partial charge is 0.497 e. The summed E-state index contributed by atoms with van der Waals surface area (Å²) >= 11 is 1.48. The Morgan fingerprint density at radius 1 is 0.970 bits per heavy atom. The predicted molar refractivity (Wildman–Crippen MR) is 132 cm³/mol. The molecule has 0 unspecified atom stereocenters. The first-order valence-electron chi connectivity index (χ1n) is 11.1. The lowest BCUT2D eigenvalue weighted by Crippen LogP contribution is -2.47. The summed E-state index contributed by atoms with van der Waals surface area (Å²) in [6.45, 7) is 2.61. The number of likely N-dealkylation sites (tertiary alicyclic amines) is 1. The van der Waals surface area contributed by atoms with Gasteiger partial charge in [-0.15, -0.1) is 11.3 Å². The second-order valence-corrected chi connectivity index (χ2v) is 8.99. The molecule has 1 aromatic heterocycles. The van der Waals surface area contributed by atoms with E-state index in [4.69, 9.17) is 14.2 Å². The minimum absolute atomic E-state index is 0.0496. The van der Waals surface area contributed by atoms with Crippen molar-refractivity contribution in [1.29, 1.82) is 0 Å². The maximum Gasteiger partial charge on any atom is 0.268 e. The Morgan fingerprint density at radius 2 is 1.73 bits per heavy atom. The van der Waals surface area contributed by atoms with Crippen LogP contribution < -0.4 is 19.1 Å². The fourth-order valence-electron chi connectivity index (χ4n) is 4.33. The predicted octanol–water partition coefficient (Wildman–Crippen LogP) is 5.09. The van der Waals surface area contributed by atoms with Crippen molar-refractivity contribution < 1.29 is 19.0 Å². The zero-order valence-corrected chi connectivity index (χ0v) is 20.1. The summed E-state index contributed by atoms with van der Waals surface area (Å²) in [7, 11) is 4.99. The number of anilines is 1. The Morgan fingerprint density at radius 3 is 2.39 bits per heavy atom. The molecule has 6 nitrogen and oxygen atoms in total. The first-order chi connectivity index (χ1) is 16.1. The van der Waals surface area contributed by atoms with Crippen LogP contribution in [0, 0.1) is 0 Å². The fraction of sp³-hybridized carbons (Fsp3) is 0.346. The van der Waals surface area contributed by atoms with Crippen LogP contribution >= 0.6 is 11.3 Å². The van der Waals surface area contributed by atoms with Crippen LogP contribution in [0.3, 0.4) is 0 Å². The summed E-state index contributed by atoms with van der Waals surface area (Å²) in [5, 5.41) is 1.95. The molecule has 1 amide bonds. The van der Waals surface area contributed by atoms with Crippen LogP contribution in [0.25, 0.3) is 0 Å². The van der Waals surface area contributed by atoms with E-state index in [9.17, 15) is 4.79 Å². The molecule has 0 bridgehead atoms. The molecular formula is C26H30N2O4S. The van der Waals surface area contributed by atoms with Crippen molar-refractivity contribution in [3.63, 3.8) is 0 Å². The Kier molecular flexibility index (Phi) is 7.52. The smallest absolute Gasteiger partial charge is 0.268 e. The molecule has 0 aliphatic carbocycles. The Bertz CT molecular complexity index is 1060. The van der Waals surface area contributed by atoms with Gasteiger partial charge in [-0.1, -0.05) is 18.2 Å². The molecule has 0 atom stereocenters. The minimum atomic E-state index is 0.0496. The van der Waals surface area contributed by atoms with Crippen molar-refractivity contribution in [1.82, 2.24) is 4.90 Å². The summed E-state index contributed by atoms with van der Waals surface area (Å²) in [5.74, 6) is 2.42. The fourth-order valence-corrected chi connectivity index (χ4v) is 4.99. The molecule has 33 heavy (non-hydrogen) atoms. The molecule has 3 aromatic rings. The van der Waals surface area contributed by atoms with E-state index in [1.54, 1.807) is 21.3 Å². The quantitative estimate of drug-likeness (QED) is 0.463. The average molecular weight is 467 g/mol. The van der Waals surface area contributed by atoms with Gasteiger partial charge in [0.1, 0.15) is 17.2 Å². The van der Waals surface area contributed by atoms with Crippen LogP contribution in [-0.4, -0.2) is 51.3 Å². The van der Waals surface area contributed by atoms with Crippen LogP contribution in [0.2, 0.25) is 0 Å². The molecule has 0 N–H and O–H groups in total. The van der Waals surface area contributed by atoms with E-state index in [2.05, 4.69) is 11.0 Å². The lowest BCUT2D eigenvalue weighted by Gasteiger charge is -2.38. The van der Waals surface area contributed by atoms with Gasteiger partial charge in [-0.05, 0) is 42.5 Å². The van der Waals surface area contributed by atoms with Crippen molar-refractivity contribution in [3.8, 4) is 17.2 Å². The van der Waals surface area contributed by atoms with Crippen molar-refractivity contribution in [2.24, 2.45) is 0 Å². The zero-order valence-electron chi connectivity index (χ0n) is 19.3. The normalized spacial score (nSPS) is 14.6. The SMILES string of the molecule is COc1cccc(N(C(=O)c2cccs2)C2CCN(Cc3ccc(OC)cc3OC)CC2)c1. The molecule has 4 rings (SSSR count). The van der Waals surface area contributed by atoms with Crippen LogP contribution in [0.1, 0.15) is 28.1 Å². The summed E-state index contributed by atoms with van der Waals surface area (Å²) in [4.78, 5) is 18.6. The highest BCUT2D eigenvalue weighted by Crippen LogP contribution is 2.31. The maximum atomic E-state index is 13.5. The van der Waals surface area contributed by atoms with Crippen molar-refractivity contribution in [3.05, 3.63) is 70.4 Å². The maximum absolute atomic E-state index is 13.5. The molecule has 1 saturated heterocycles. The number of benzene rings is 2. The Balaban J connectivity index is 1.50. The van der Waals surface area contributed by atoms with Gasteiger partial charge in [-0.25, -0.2) is 0 Å². The molecular weight excluding hydrogens is 436 g/mol. The highest BCUT2D eigenvalue weighted by molar-refractivity contribution is 7.12. The number of piperidine rings is 1. The number of carbonyl (C=O) groups is 1. The second-order valence-electron chi connectivity index (χ2n) is 8.04. The molecule has 174 valence electrons. The topological polar surface area (TPSA) is 51.2 Å². The third-order valence-electron chi connectivity index (χ3n) is 6.09. The molecule has 0 spiro atoms. The average Bonchev–Trinajstić information content (AvgIpc) is 3.41. The molecule has 0 radical (unpaired) electrons. The third kappa shape index (κ3) is 5.31. The summed E-state index contributed by atoms with van der Waals surface area (Å²) in [5.41, 5.74) is 2.01. The van der Waals surface area contributed by atoms with Gasteiger partial charge in [-0.3, -0.25) is 9.69 Å². The highest BCUT2D eigenvalue weighted by Gasteiger charge is 2.30. The van der Waals surface area contributed by atoms with E-state index in [1.807, 2.05) is 58.8 Å². The third-order valence-corrected chi connectivity index (χ3v) is 6.95. The zero-order chi connectivity index (χ0) is 23.2. The van der Waals surface area contributed by atoms with Crippen molar-refractivity contribution >= 4 is 22.9 Å². The van der Waals surface area contributed by atoms with E-state index in [0.29, 0.717) is 0 Å². The monoisotopic (exact) mass is 466 g/mol. The molecule has 7 heteroatoms. The molecule has 1 aliphatic heterocycles. The lowest BCUT2D eigenvalue weighted by atomic mass is 10.0. The van der Waals surface area contributed by atoms with Gasteiger partial charge in [0.05, 0.1) is 26.2 Å². The van der Waals surface area contributed by atoms with Crippen LogP contribution in [0.4, 0.5) is 5.69 Å². The minimum Gasteiger partial charge on any atom is -0.497 e. The first kappa shape index (κ1) is 23.1. The number of hydrogen-bond acceptors (Lipinski definition) is 6. The first-order valence-corrected chi connectivity index (χ1v) is 11.9. The standard InChI is InChI=1S/C26H30N2O4S/c1-30-22-7-4-6-21(16-22)28(26(29)25-8-5-15-33-25)20-11-13-27(14-12-20)18-19-9-10-23(31-2)17-24(19)32-3/h4-10,15-17,20H,11-14,18H2,1-3H3. The number of thiophene rings is 1. The van der Waals surface area contributed by atoms with Gasteiger partial charge in [0.25, 0.3) is 5.91 Å². The van der Waals surface area contributed by atoms with E-state index >= 15 is 0 Å². The number of methoxy groups -OCH3 is 3. The number of rotatable bonds is 8.